The average Bonchev–Trinajstić information content (AvgIpc) is 2.42. The molecule has 0 saturated heterocycles. The normalized spacial score (nSPS) is 22.8. The van der Waals surface area contributed by atoms with Crippen molar-refractivity contribution >= 4 is 5.97 Å². The molecule has 0 bridgehead atoms. The van der Waals surface area contributed by atoms with Crippen LogP contribution in [0.4, 0.5) is 0 Å². The Balaban J connectivity index is 1.91. The van der Waals surface area contributed by atoms with E-state index in [4.69, 9.17) is 9.84 Å². The summed E-state index contributed by atoms with van der Waals surface area (Å²) >= 11 is 0. The number of hydrogen-bond acceptors (Lipinski definition) is 2. The number of hydrogen-bond donors (Lipinski definition) is 1. The van der Waals surface area contributed by atoms with E-state index in [0.717, 1.165) is 42.8 Å². The molecule has 0 aromatic carbocycles. The molecule has 1 N–H and O–H groups in total. The summed E-state index contributed by atoms with van der Waals surface area (Å²) in [6.07, 6.45) is 11.1. The van der Waals surface area contributed by atoms with Crippen LogP contribution in [0.3, 0.4) is 0 Å². The van der Waals surface area contributed by atoms with Gasteiger partial charge in [-0.1, -0.05) is 12.7 Å². The van der Waals surface area contributed by atoms with Crippen molar-refractivity contribution < 1.29 is 14.6 Å². The van der Waals surface area contributed by atoms with Crippen molar-refractivity contribution in [3.8, 4) is 0 Å². The minimum Gasteiger partial charge on any atom is -0.481 e. The zero-order chi connectivity index (χ0) is 14.5. The van der Waals surface area contributed by atoms with E-state index in [1.807, 2.05) is 6.08 Å². The maximum atomic E-state index is 10.6. The number of carboxylic acid groups (broad SMARTS) is 1. The van der Waals surface area contributed by atoms with Gasteiger partial charge in [0, 0.05) is 6.42 Å². The Morgan fingerprint density at radius 2 is 2.30 bits per heavy atom. The van der Waals surface area contributed by atoms with Crippen molar-refractivity contribution in [2.45, 2.75) is 45.4 Å². The zero-order valence-electron chi connectivity index (χ0n) is 12.0. The molecule has 0 aliphatic heterocycles. The number of ether oxygens (including phenoxy) is 1. The monoisotopic (exact) mass is 274 g/mol. The van der Waals surface area contributed by atoms with Gasteiger partial charge in [-0.2, -0.15) is 0 Å². The molecule has 3 heteroatoms. The van der Waals surface area contributed by atoms with Crippen LogP contribution in [-0.2, 0) is 9.53 Å². The zero-order valence-corrected chi connectivity index (χ0v) is 12.0. The van der Waals surface area contributed by atoms with Gasteiger partial charge in [0.1, 0.15) is 11.5 Å². The van der Waals surface area contributed by atoms with E-state index in [-0.39, 0.29) is 6.42 Å². The van der Waals surface area contributed by atoms with Gasteiger partial charge in [-0.3, -0.25) is 4.79 Å². The molecule has 2 aliphatic carbocycles. The molecular formula is C17H22O3. The first kappa shape index (κ1) is 14.6. The Labute approximate surface area is 120 Å². The van der Waals surface area contributed by atoms with Crippen molar-refractivity contribution in [3.63, 3.8) is 0 Å². The molecular weight excluding hydrogens is 252 g/mol. The Hall–Kier alpha value is -1.77. The largest absolute Gasteiger partial charge is 0.481 e. The van der Waals surface area contributed by atoms with E-state index in [2.05, 4.69) is 25.7 Å². The highest BCUT2D eigenvalue weighted by Gasteiger charge is 2.17. The Morgan fingerprint density at radius 3 is 2.90 bits per heavy atom. The molecule has 1 atom stereocenters. The van der Waals surface area contributed by atoms with Gasteiger partial charge in [-0.05, 0) is 68.2 Å². The van der Waals surface area contributed by atoms with Gasteiger partial charge < -0.3 is 9.84 Å². The number of aliphatic carboxylic acids is 1. The molecule has 0 aromatic heterocycles. The predicted octanol–water partition coefficient (Wildman–Crippen LogP) is 4.34. The first-order valence-electron chi connectivity index (χ1n) is 7.22. The summed E-state index contributed by atoms with van der Waals surface area (Å²) in [6.45, 7) is 6.18. The quantitative estimate of drug-likeness (QED) is 0.811. The molecule has 2 rings (SSSR count). The van der Waals surface area contributed by atoms with Gasteiger partial charge in [0.25, 0.3) is 0 Å². The summed E-state index contributed by atoms with van der Waals surface area (Å²) < 4.78 is 5.97. The van der Waals surface area contributed by atoms with E-state index < -0.39 is 5.97 Å². The van der Waals surface area contributed by atoms with Crippen molar-refractivity contribution in [1.82, 2.24) is 0 Å². The number of carboxylic acids is 1. The van der Waals surface area contributed by atoms with Gasteiger partial charge in [-0.25, -0.2) is 0 Å². The van der Waals surface area contributed by atoms with Crippen LogP contribution in [0, 0.1) is 5.92 Å². The predicted molar refractivity (Wildman–Crippen MR) is 79.0 cm³/mol. The molecule has 0 aromatic rings. The van der Waals surface area contributed by atoms with Crippen LogP contribution >= 0.6 is 0 Å². The van der Waals surface area contributed by atoms with E-state index in [1.165, 1.54) is 5.57 Å². The smallest absolute Gasteiger partial charge is 0.303 e. The molecule has 2 aliphatic rings. The molecule has 0 saturated carbocycles. The van der Waals surface area contributed by atoms with Crippen LogP contribution in [0.1, 0.15) is 45.4 Å². The maximum absolute atomic E-state index is 10.6. The molecule has 3 nitrogen and oxygen atoms in total. The second-order valence-corrected chi connectivity index (χ2v) is 5.56. The topological polar surface area (TPSA) is 46.5 Å². The summed E-state index contributed by atoms with van der Waals surface area (Å²) in [5.74, 6) is 1.37. The van der Waals surface area contributed by atoms with Crippen LogP contribution in [0.15, 0.2) is 47.5 Å². The summed E-state index contributed by atoms with van der Waals surface area (Å²) in [5, 5.41) is 8.69. The van der Waals surface area contributed by atoms with Crippen LogP contribution in [0.25, 0.3) is 0 Å². The van der Waals surface area contributed by atoms with E-state index in [1.54, 1.807) is 0 Å². The average molecular weight is 274 g/mol. The van der Waals surface area contributed by atoms with E-state index in [0.29, 0.717) is 12.3 Å². The van der Waals surface area contributed by atoms with Gasteiger partial charge in [0.15, 0.2) is 0 Å². The minimum atomic E-state index is -0.733. The first-order chi connectivity index (χ1) is 9.56. The van der Waals surface area contributed by atoms with E-state index >= 15 is 0 Å². The second-order valence-electron chi connectivity index (χ2n) is 5.56. The van der Waals surface area contributed by atoms with Crippen molar-refractivity contribution in [2.75, 3.05) is 0 Å². The summed E-state index contributed by atoms with van der Waals surface area (Å²) in [4.78, 5) is 10.6. The highest BCUT2D eigenvalue weighted by Crippen LogP contribution is 2.32. The van der Waals surface area contributed by atoms with Crippen molar-refractivity contribution in [1.29, 1.82) is 0 Å². The molecule has 1 unspecified atom stereocenters. The molecule has 0 spiro atoms. The molecule has 108 valence electrons. The lowest BCUT2D eigenvalue weighted by Gasteiger charge is -2.23. The minimum absolute atomic E-state index is 0.222. The molecule has 0 fully saturated rings. The fourth-order valence-electron chi connectivity index (χ4n) is 2.62. The van der Waals surface area contributed by atoms with Gasteiger partial charge in [0.05, 0.1) is 0 Å². The highest BCUT2D eigenvalue weighted by atomic mass is 16.5. The lowest BCUT2D eigenvalue weighted by atomic mass is 9.94. The third kappa shape index (κ3) is 3.86. The van der Waals surface area contributed by atoms with Gasteiger partial charge >= 0.3 is 5.97 Å². The number of carbonyl (C=O) groups is 1. The fourth-order valence-corrected chi connectivity index (χ4v) is 2.62. The Bertz CT molecular complexity index is 494. The molecule has 0 radical (unpaired) electrons. The van der Waals surface area contributed by atoms with Crippen LogP contribution in [-0.4, -0.2) is 11.1 Å². The summed E-state index contributed by atoms with van der Waals surface area (Å²) in [6, 6.07) is 0. The standard InChI is InChI=1S/C17H22O3/c1-12-4-3-5-13(2)17(12)20-15-9-6-14(7-10-15)8-11-16(18)19/h6,9-10,14H,1,3-5,7-8,11H2,2H3,(H,18,19). The van der Waals surface area contributed by atoms with Crippen LogP contribution in [0.5, 0.6) is 0 Å². The first-order valence-corrected chi connectivity index (χ1v) is 7.22. The van der Waals surface area contributed by atoms with Crippen LogP contribution < -0.4 is 0 Å². The van der Waals surface area contributed by atoms with E-state index in [9.17, 15) is 4.79 Å². The maximum Gasteiger partial charge on any atom is 0.303 e. The number of allylic oxidation sites excluding steroid dienone is 5. The summed E-state index contributed by atoms with van der Waals surface area (Å²) in [7, 11) is 0. The third-order valence-electron chi connectivity index (χ3n) is 3.84. The van der Waals surface area contributed by atoms with Crippen molar-refractivity contribution in [2.24, 2.45) is 5.92 Å². The SMILES string of the molecule is C=C1CCCC(C)=C1OC1=CCC(CCC(=O)O)C=C1. The fraction of sp³-hybridized carbons (Fsp3) is 0.471. The van der Waals surface area contributed by atoms with Gasteiger partial charge in [0.2, 0.25) is 0 Å². The molecule has 0 heterocycles. The summed E-state index contributed by atoms with van der Waals surface area (Å²) in [5.41, 5.74) is 2.35. The van der Waals surface area contributed by atoms with Gasteiger partial charge in [-0.15, -0.1) is 0 Å². The Kier molecular flexibility index (Phi) is 4.83. The second kappa shape index (κ2) is 6.60. The lowest BCUT2D eigenvalue weighted by molar-refractivity contribution is -0.137. The number of rotatable bonds is 5. The third-order valence-corrected chi connectivity index (χ3v) is 3.84. The molecule has 20 heavy (non-hydrogen) atoms. The van der Waals surface area contributed by atoms with Crippen LogP contribution in [0.2, 0.25) is 0 Å². The highest BCUT2D eigenvalue weighted by molar-refractivity contribution is 5.66. The Morgan fingerprint density at radius 1 is 1.50 bits per heavy atom. The lowest BCUT2D eigenvalue weighted by Crippen LogP contribution is -2.07. The van der Waals surface area contributed by atoms with Crippen molar-refractivity contribution in [3.05, 3.63) is 47.5 Å². The molecule has 0 amide bonds.